The number of halogens is 1. The highest BCUT2D eigenvalue weighted by molar-refractivity contribution is 6.30. The van der Waals surface area contributed by atoms with Crippen molar-refractivity contribution in [1.29, 1.82) is 0 Å². The number of anilines is 1. The van der Waals surface area contributed by atoms with E-state index in [1.165, 1.54) is 0 Å². The summed E-state index contributed by atoms with van der Waals surface area (Å²) in [6, 6.07) is 16.2. The predicted octanol–water partition coefficient (Wildman–Crippen LogP) is 4.02. The number of carbonyl (C=O) groups is 2. The normalized spacial score (nSPS) is 13.3. The van der Waals surface area contributed by atoms with Gasteiger partial charge in [-0.3, -0.25) is 9.59 Å². The standard InChI is InChI=1S/C28H32ClN5O4/c1-4-13-34(28(36)20-5-8-22(29)9-6-20)19-27(35)33-16-14-32(15-17-33)26-12-10-23(30-31-26)21-7-11-24(37-2)25(18-21)38-3/h5-12,18H,4,13-17,19H2,1-3H3. The molecule has 0 N–H and O–H groups in total. The molecule has 1 aromatic heterocycles. The van der Waals surface area contributed by atoms with Crippen molar-refractivity contribution in [2.45, 2.75) is 13.3 Å². The molecular weight excluding hydrogens is 506 g/mol. The molecule has 200 valence electrons. The van der Waals surface area contributed by atoms with Crippen LogP contribution in [0.2, 0.25) is 5.02 Å². The van der Waals surface area contributed by atoms with Crippen LogP contribution in [-0.4, -0.2) is 85.3 Å². The molecule has 0 aliphatic carbocycles. The van der Waals surface area contributed by atoms with Crippen LogP contribution >= 0.6 is 11.6 Å². The molecule has 0 radical (unpaired) electrons. The molecule has 0 saturated carbocycles. The fourth-order valence-electron chi connectivity index (χ4n) is 4.39. The van der Waals surface area contributed by atoms with E-state index in [1.54, 1.807) is 48.3 Å². The van der Waals surface area contributed by atoms with E-state index >= 15 is 0 Å². The Morgan fingerprint density at radius 3 is 2.24 bits per heavy atom. The maximum atomic E-state index is 13.1. The molecule has 1 saturated heterocycles. The first-order valence-corrected chi connectivity index (χ1v) is 12.9. The van der Waals surface area contributed by atoms with Gasteiger partial charge in [-0.25, -0.2) is 0 Å². The third-order valence-electron chi connectivity index (χ3n) is 6.48. The molecule has 0 unspecified atom stereocenters. The lowest BCUT2D eigenvalue weighted by Crippen LogP contribution is -2.52. The molecule has 10 heteroatoms. The maximum Gasteiger partial charge on any atom is 0.254 e. The van der Waals surface area contributed by atoms with Gasteiger partial charge in [-0.1, -0.05) is 18.5 Å². The third-order valence-corrected chi connectivity index (χ3v) is 6.74. The van der Waals surface area contributed by atoms with E-state index in [0.717, 1.165) is 23.5 Å². The smallest absolute Gasteiger partial charge is 0.254 e. The van der Waals surface area contributed by atoms with Gasteiger partial charge in [0, 0.05) is 48.9 Å². The zero-order valence-electron chi connectivity index (χ0n) is 21.9. The summed E-state index contributed by atoms with van der Waals surface area (Å²) < 4.78 is 10.7. The fourth-order valence-corrected chi connectivity index (χ4v) is 4.51. The highest BCUT2D eigenvalue weighted by Gasteiger charge is 2.25. The van der Waals surface area contributed by atoms with Crippen LogP contribution < -0.4 is 14.4 Å². The Morgan fingerprint density at radius 2 is 1.63 bits per heavy atom. The van der Waals surface area contributed by atoms with Crippen molar-refractivity contribution in [3.05, 3.63) is 65.2 Å². The van der Waals surface area contributed by atoms with Crippen LogP contribution in [0.25, 0.3) is 11.3 Å². The Hall–Kier alpha value is -3.85. The van der Waals surface area contributed by atoms with Crippen LogP contribution in [0, 0.1) is 0 Å². The van der Waals surface area contributed by atoms with Crippen molar-refractivity contribution >= 4 is 29.2 Å². The lowest BCUT2D eigenvalue weighted by molar-refractivity contribution is -0.132. The van der Waals surface area contributed by atoms with Crippen LogP contribution in [0.3, 0.4) is 0 Å². The van der Waals surface area contributed by atoms with Crippen molar-refractivity contribution in [3.8, 4) is 22.8 Å². The lowest BCUT2D eigenvalue weighted by Gasteiger charge is -2.36. The van der Waals surface area contributed by atoms with Gasteiger partial charge in [0.15, 0.2) is 17.3 Å². The quantitative estimate of drug-likeness (QED) is 0.407. The molecule has 0 spiro atoms. The number of methoxy groups -OCH3 is 2. The van der Waals surface area contributed by atoms with Crippen LogP contribution in [0.4, 0.5) is 5.82 Å². The number of hydrogen-bond acceptors (Lipinski definition) is 7. The predicted molar refractivity (Wildman–Crippen MR) is 147 cm³/mol. The third kappa shape index (κ3) is 6.34. The summed E-state index contributed by atoms with van der Waals surface area (Å²) in [5.74, 6) is 1.81. The van der Waals surface area contributed by atoms with Crippen molar-refractivity contribution < 1.29 is 19.1 Å². The van der Waals surface area contributed by atoms with Gasteiger partial charge < -0.3 is 24.2 Å². The largest absolute Gasteiger partial charge is 0.493 e. The van der Waals surface area contributed by atoms with Gasteiger partial charge in [-0.15, -0.1) is 10.2 Å². The molecular formula is C28H32ClN5O4. The van der Waals surface area contributed by atoms with Gasteiger partial charge in [0.1, 0.15) is 6.54 Å². The SMILES string of the molecule is CCCN(CC(=O)N1CCN(c2ccc(-c3ccc(OC)c(OC)c3)nn2)CC1)C(=O)c1ccc(Cl)cc1. The van der Waals surface area contributed by atoms with E-state index in [-0.39, 0.29) is 18.4 Å². The number of piperazine rings is 1. The first-order valence-electron chi connectivity index (χ1n) is 12.6. The molecule has 0 atom stereocenters. The molecule has 1 fully saturated rings. The molecule has 1 aliphatic rings. The highest BCUT2D eigenvalue weighted by atomic mass is 35.5. The molecule has 2 aromatic carbocycles. The van der Waals surface area contributed by atoms with Crippen LogP contribution in [0.1, 0.15) is 23.7 Å². The summed E-state index contributed by atoms with van der Waals surface area (Å²) in [4.78, 5) is 31.6. The molecule has 1 aliphatic heterocycles. The first kappa shape index (κ1) is 27.2. The van der Waals surface area contributed by atoms with Gasteiger partial charge in [0.25, 0.3) is 5.91 Å². The Bertz CT molecular complexity index is 1250. The van der Waals surface area contributed by atoms with E-state index < -0.39 is 0 Å². The number of nitrogens with zero attached hydrogens (tertiary/aromatic N) is 5. The van der Waals surface area contributed by atoms with Crippen LogP contribution in [0.5, 0.6) is 11.5 Å². The van der Waals surface area contributed by atoms with Gasteiger partial charge in [-0.2, -0.15) is 0 Å². The molecule has 3 aromatic rings. The van der Waals surface area contributed by atoms with E-state index in [9.17, 15) is 9.59 Å². The average Bonchev–Trinajstić information content (AvgIpc) is 2.96. The Balaban J connectivity index is 1.34. The summed E-state index contributed by atoms with van der Waals surface area (Å²) in [5.41, 5.74) is 2.13. The molecule has 38 heavy (non-hydrogen) atoms. The topological polar surface area (TPSA) is 88.1 Å². The van der Waals surface area contributed by atoms with Crippen molar-refractivity contribution in [2.24, 2.45) is 0 Å². The highest BCUT2D eigenvalue weighted by Crippen LogP contribution is 2.31. The van der Waals surface area contributed by atoms with E-state index in [4.69, 9.17) is 21.1 Å². The maximum absolute atomic E-state index is 13.1. The minimum Gasteiger partial charge on any atom is -0.493 e. The first-order chi connectivity index (χ1) is 18.4. The van der Waals surface area contributed by atoms with Crippen LogP contribution in [-0.2, 0) is 4.79 Å². The van der Waals surface area contributed by atoms with E-state index in [0.29, 0.717) is 54.8 Å². The summed E-state index contributed by atoms with van der Waals surface area (Å²) in [5, 5.41) is 9.39. The second-order valence-corrected chi connectivity index (χ2v) is 9.38. The Morgan fingerprint density at radius 1 is 0.921 bits per heavy atom. The number of amides is 2. The number of ether oxygens (including phenoxy) is 2. The zero-order valence-corrected chi connectivity index (χ0v) is 22.6. The molecule has 2 heterocycles. The number of benzene rings is 2. The second-order valence-electron chi connectivity index (χ2n) is 8.95. The van der Waals surface area contributed by atoms with Crippen molar-refractivity contribution in [2.75, 3.05) is 58.4 Å². The minimum absolute atomic E-state index is 0.0507. The number of aromatic nitrogens is 2. The summed E-state index contributed by atoms with van der Waals surface area (Å²) >= 11 is 5.95. The monoisotopic (exact) mass is 537 g/mol. The molecule has 4 rings (SSSR count). The van der Waals surface area contributed by atoms with Gasteiger partial charge in [0.05, 0.1) is 19.9 Å². The second kappa shape index (κ2) is 12.6. The summed E-state index contributed by atoms with van der Waals surface area (Å²) in [6.45, 7) is 4.91. The number of hydrogen-bond donors (Lipinski definition) is 0. The van der Waals surface area contributed by atoms with Crippen molar-refractivity contribution in [3.63, 3.8) is 0 Å². The summed E-state index contributed by atoms with van der Waals surface area (Å²) in [6.07, 6.45) is 0.762. The number of carbonyl (C=O) groups excluding carboxylic acids is 2. The van der Waals surface area contributed by atoms with Crippen LogP contribution in [0.15, 0.2) is 54.6 Å². The Labute approximate surface area is 227 Å². The lowest BCUT2D eigenvalue weighted by atomic mass is 10.1. The van der Waals surface area contributed by atoms with Gasteiger partial charge in [0.2, 0.25) is 5.91 Å². The van der Waals surface area contributed by atoms with Crippen molar-refractivity contribution in [1.82, 2.24) is 20.0 Å². The van der Waals surface area contributed by atoms with Gasteiger partial charge in [-0.05, 0) is 61.0 Å². The Kier molecular flexibility index (Phi) is 9.02. The minimum atomic E-state index is -0.166. The van der Waals surface area contributed by atoms with E-state index in [1.807, 2.05) is 37.3 Å². The zero-order chi connectivity index (χ0) is 27.1. The fraction of sp³-hybridized carbons (Fsp3) is 0.357. The van der Waals surface area contributed by atoms with Gasteiger partial charge >= 0.3 is 0 Å². The summed E-state index contributed by atoms with van der Waals surface area (Å²) in [7, 11) is 3.20. The molecule has 9 nitrogen and oxygen atoms in total. The molecule has 0 bridgehead atoms. The number of rotatable bonds is 9. The molecule has 2 amide bonds. The van der Waals surface area contributed by atoms with E-state index in [2.05, 4.69) is 15.1 Å². The average molecular weight is 538 g/mol.